The van der Waals surface area contributed by atoms with Crippen molar-refractivity contribution in [1.82, 2.24) is 14.9 Å². The number of aromatic nitrogens is 2. The normalized spacial score (nSPS) is 22.2. The maximum Gasteiger partial charge on any atom is 0.341 e. The van der Waals surface area contributed by atoms with E-state index < -0.39 is 20.9 Å². The van der Waals surface area contributed by atoms with Crippen LogP contribution >= 0.6 is 0 Å². The molecule has 2 aliphatic heterocycles. The predicted octanol–water partition coefficient (Wildman–Crippen LogP) is 2.88. The number of carbonyl (C=O) groups is 2. The van der Waals surface area contributed by atoms with Gasteiger partial charge in [0.05, 0.1) is 28.1 Å². The highest BCUT2D eigenvalue weighted by atomic mass is 32.2. The van der Waals surface area contributed by atoms with Gasteiger partial charge >= 0.3 is 5.97 Å². The Morgan fingerprint density at radius 2 is 1.80 bits per heavy atom. The van der Waals surface area contributed by atoms with E-state index in [0.29, 0.717) is 30.8 Å². The minimum Gasteiger partial charge on any atom is -0.449 e. The molecule has 0 N–H and O–H groups in total. The number of rotatable bonds is 4. The molecule has 1 saturated heterocycles. The van der Waals surface area contributed by atoms with Crippen LogP contribution in [-0.2, 0) is 30.4 Å². The molecule has 0 unspecified atom stereocenters. The Morgan fingerprint density at radius 3 is 2.46 bits per heavy atom. The lowest BCUT2D eigenvalue weighted by Crippen LogP contribution is -2.40. The van der Waals surface area contributed by atoms with Gasteiger partial charge in [0.15, 0.2) is 15.4 Å². The quantitative estimate of drug-likeness (QED) is 0.519. The Morgan fingerprint density at radius 1 is 1.03 bits per heavy atom. The number of pyridine rings is 2. The molecule has 8 nitrogen and oxygen atoms in total. The summed E-state index contributed by atoms with van der Waals surface area (Å²) in [7, 11) is -3.26. The first kappa shape index (κ1) is 21.9. The molecule has 6 rings (SSSR count). The molecular weight excluding hydrogens is 466 g/mol. The van der Waals surface area contributed by atoms with Gasteiger partial charge in [0, 0.05) is 48.9 Å². The van der Waals surface area contributed by atoms with Gasteiger partial charge in [0.1, 0.15) is 0 Å². The largest absolute Gasteiger partial charge is 0.449 e. The third-order valence-electron chi connectivity index (χ3n) is 7.39. The fourth-order valence-electron chi connectivity index (χ4n) is 5.27. The molecule has 9 heteroatoms. The summed E-state index contributed by atoms with van der Waals surface area (Å²) in [6, 6.07) is 12.2. The molecule has 0 bridgehead atoms. The van der Waals surface area contributed by atoms with Gasteiger partial charge in [-0.25, -0.2) is 13.2 Å². The predicted molar refractivity (Wildman–Crippen MR) is 126 cm³/mol. The van der Waals surface area contributed by atoms with Crippen LogP contribution in [0.1, 0.15) is 40.7 Å². The maximum absolute atomic E-state index is 13.6. The van der Waals surface area contributed by atoms with Gasteiger partial charge in [-0.15, -0.1) is 0 Å². The van der Waals surface area contributed by atoms with E-state index >= 15 is 0 Å². The van der Waals surface area contributed by atoms with E-state index in [4.69, 9.17) is 4.74 Å². The smallest absolute Gasteiger partial charge is 0.341 e. The average molecular weight is 490 g/mol. The lowest BCUT2D eigenvalue weighted by molar-refractivity contribution is -0.134. The highest BCUT2D eigenvalue weighted by Crippen LogP contribution is 2.52. The molecule has 3 aromatic rings. The van der Waals surface area contributed by atoms with Crippen molar-refractivity contribution in [1.29, 1.82) is 0 Å². The van der Waals surface area contributed by atoms with Crippen molar-refractivity contribution in [3.8, 4) is 11.3 Å². The van der Waals surface area contributed by atoms with Crippen LogP contribution in [0, 0.1) is 0 Å². The van der Waals surface area contributed by atoms with Crippen molar-refractivity contribution in [2.75, 3.05) is 19.3 Å². The molecule has 35 heavy (non-hydrogen) atoms. The first-order chi connectivity index (χ1) is 16.7. The van der Waals surface area contributed by atoms with Gasteiger partial charge < -0.3 is 9.64 Å². The first-order valence-corrected chi connectivity index (χ1v) is 13.4. The number of hydrogen-bond donors (Lipinski definition) is 0. The number of carbonyl (C=O) groups excluding carboxylic acids is 2. The van der Waals surface area contributed by atoms with Crippen LogP contribution in [0.25, 0.3) is 11.3 Å². The lowest BCUT2D eigenvalue weighted by Gasteiger charge is -2.26. The van der Waals surface area contributed by atoms with Crippen LogP contribution in [0.3, 0.4) is 0 Å². The monoisotopic (exact) mass is 489 g/mol. The van der Waals surface area contributed by atoms with E-state index in [0.717, 1.165) is 29.5 Å². The zero-order valence-electron chi connectivity index (χ0n) is 19.1. The summed E-state index contributed by atoms with van der Waals surface area (Å²) in [5.74, 6) is -0.340. The second kappa shape index (κ2) is 7.45. The highest BCUT2D eigenvalue weighted by Gasteiger charge is 2.58. The lowest BCUT2D eigenvalue weighted by atomic mass is 9.92. The molecule has 1 spiro atoms. The average Bonchev–Trinajstić information content (AvgIpc) is 3.49. The Labute approximate surface area is 202 Å². The van der Waals surface area contributed by atoms with Gasteiger partial charge in [-0.05, 0) is 42.7 Å². The molecule has 1 saturated carbocycles. The number of sulfone groups is 1. The number of hydrogen-bond acceptors (Lipinski definition) is 7. The molecule has 2 aromatic heterocycles. The van der Waals surface area contributed by atoms with Crippen molar-refractivity contribution in [3.63, 3.8) is 0 Å². The summed E-state index contributed by atoms with van der Waals surface area (Å²) >= 11 is 0. The van der Waals surface area contributed by atoms with E-state index in [1.165, 1.54) is 12.5 Å². The second-order valence-electron chi connectivity index (χ2n) is 9.59. The highest BCUT2D eigenvalue weighted by molar-refractivity contribution is 7.90. The fourth-order valence-corrected chi connectivity index (χ4v) is 5.91. The van der Waals surface area contributed by atoms with Crippen molar-refractivity contribution >= 4 is 21.7 Å². The summed E-state index contributed by atoms with van der Waals surface area (Å²) < 4.78 is 29.2. The van der Waals surface area contributed by atoms with E-state index in [2.05, 4.69) is 9.97 Å². The summed E-state index contributed by atoms with van der Waals surface area (Å²) in [4.78, 5) is 36.7. The minimum atomic E-state index is -3.26. The first-order valence-electron chi connectivity index (χ1n) is 11.5. The van der Waals surface area contributed by atoms with Gasteiger partial charge in [0.2, 0.25) is 5.91 Å². The molecule has 178 valence electrons. The van der Waals surface area contributed by atoms with Crippen LogP contribution in [0.15, 0.2) is 66.0 Å². The van der Waals surface area contributed by atoms with Crippen molar-refractivity contribution in [3.05, 3.63) is 77.7 Å². The maximum atomic E-state index is 13.6. The van der Waals surface area contributed by atoms with Crippen LogP contribution in [0.4, 0.5) is 0 Å². The summed E-state index contributed by atoms with van der Waals surface area (Å²) in [5, 5.41) is 0. The number of amides is 1. The van der Waals surface area contributed by atoms with E-state index in [1.807, 2.05) is 23.1 Å². The van der Waals surface area contributed by atoms with E-state index in [-0.39, 0.29) is 16.8 Å². The third kappa shape index (κ3) is 3.44. The van der Waals surface area contributed by atoms with Gasteiger partial charge in [-0.1, -0.05) is 18.2 Å². The van der Waals surface area contributed by atoms with Crippen molar-refractivity contribution < 1.29 is 22.7 Å². The van der Waals surface area contributed by atoms with Gasteiger partial charge in [-0.2, -0.15) is 0 Å². The number of nitrogens with zero attached hydrogens (tertiary/aromatic N) is 3. The molecular formula is C26H23N3O5S. The van der Waals surface area contributed by atoms with Gasteiger partial charge in [-0.3, -0.25) is 14.8 Å². The molecule has 1 atom stereocenters. The standard InChI is InChI=1S/C26H23N3O5S/c1-35(32,33)19-5-2-17(3-6-19)22-7-4-18(14-28-22)25(9-10-25)24(31)29-13-11-26(16-29)21-8-12-27-15-20(21)23(30)34-26/h2-8,12,14-15H,9-11,13,16H2,1H3/t26-/m0/s1. The number of esters is 1. The summed E-state index contributed by atoms with van der Waals surface area (Å²) in [6.45, 7) is 0.863. The zero-order chi connectivity index (χ0) is 24.4. The summed E-state index contributed by atoms with van der Waals surface area (Å²) in [6.07, 6.45) is 8.17. The van der Waals surface area contributed by atoms with E-state index in [9.17, 15) is 18.0 Å². The molecule has 1 aromatic carbocycles. The van der Waals surface area contributed by atoms with Gasteiger partial charge in [0.25, 0.3) is 0 Å². The molecule has 3 aliphatic rings. The van der Waals surface area contributed by atoms with Crippen LogP contribution in [0.5, 0.6) is 0 Å². The number of ether oxygens (including phenoxy) is 1. The van der Waals surface area contributed by atoms with Crippen molar-refractivity contribution in [2.45, 2.75) is 35.2 Å². The molecule has 2 fully saturated rings. The Hall–Kier alpha value is -3.59. The number of benzene rings is 1. The Bertz CT molecular complexity index is 1460. The zero-order valence-corrected chi connectivity index (χ0v) is 19.9. The molecule has 1 aliphatic carbocycles. The Balaban J connectivity index is 1.22. The molecule has 0 radical (unpaired) electrons. The topological polar surface area (TPSA) is 107 Å². The molecule has 1 amide bonds. The number of likely N-dealkylation sites (tertiary alicyclic amines) is 1. The van der Waals surface area contributed by atoms with Crippen LogP contribution < -0.4 is 0 Å². The van der Waals surface area contributed by atoms with Crippen LogP contribution in [-0.4, -0.2) is 54.5 Å². The minimum absolute atomic E-state index is 0.0417. The molecule has 4 heterocycles. The second-order valence-corrected chi connectivity index (χ2v) is 11.6. The number of fused-ring (bicyclic) bond motifs is 2. The third-order valence-corrected chi connectivity index (χ3v) is 8.52. The SMILES string of the molecule is CS(=O)(=O)c1ccc(-c2ccc(C3(C(=O)N4CC[C@@]5(C4)OC(=O)c4cnccc45)CC3)cn2)cc1. The summed E-state index contributed by atoms with van der Waals surface area (Å²) in [5.41, 5.74) is 2.28. The Kier molecular flexibility index (Phi) is 4.67. The fraction of sp³-hybridized carbons (Fsp3) is 0.308. The van der Waals surface area contributed by atoms with E-state index in [1.54, 1.807) is 36.7 Å². The van der Waals surface area contributed by atoms with Crippen LogP contribution in [0.2, 0.25) is 0 Å². The van der Waals surface area contributed by atoms with Crippen molar-refractivity contribution in [2.24, 2.45) is 0 Å².